The van der Waals surface area contributed by atoms with Gasteiger partial charge >= 0.3 is 5.97 Å². The highest BCUT2D eigenvalue weighted by atomic mass is 16.5. The molecule has 0 aromatic heterocycles. The molecule has 0 aromatic carbocycles. The summed E-state index contributed by atoms with van der Waals surface area (Å²) in [5.41, 5.74) is 5.10. The molecular weight excluding hydrogens is 240 g/mol. The molecule has 0 rings (SSSR count). The van der Waals surface area contributed by atoms with Gasteiger partial charge in [0, 0.05) is 13.1 Å². The van der Waals surface area contributed by atoms with Crippen LogP contribution in [0.5, 0.6) is 0 Å². The Morgan fingerprint density at radius 3 is 2.05 bits per heavy atom. The Balaban J connectivity index is 4.21. The molecule has 0 saturated carbocycles. The second kappa shape index (κ2) is 8.54. The number of hydrogen-bond donors (Lipinski definition) is 1. The van der Waals surface area contributed by atoms with Gasteiger partial charge in [-0.15, -0.1) is 0 Å². The third-order valence-corrected chi connectivity index (χ3v) is 3.07. The van der Waals surface area contributed by atoms with Gasteiger partial charge < -0.3 is 15.4 Å². The standard InChI is InChI=1S/C15H32N2O2/c1-12(2)10-17(11-13(3)4)9-7-8-15(5,16)14(18)19-6/h12-13H,7-11,16H2,1-6H3. The smallest absolute Gasteiger partial charge is 0.325 e. The Bertz CT molecular complexity index is 253. The molecule has 0 fully saturated rings. The molecule has 0 aromatic rings. The van der Waals surface area contributed by atoms with E-state index >= 15 is 0 Å². The zero-order chi connectivity index (χ0) is 15.1. The molecule has 0 radical (unpaired) electrons. The lowest BCUT2D eigenvalue weighted by molar-refractivity contribution is -0.146. The molecule has 4 heteroatoms. The van der Waals surface area contributed by atoms with Gasteiger partial charge in [0.1, 0.15) is 5.54 Å². The maximum Gasteiger partial charge on any atom is 0.325 e. The molecule has 1 atom stereocenters. The molecule has 114 valence electrons. The summed E-state index contributed by atoms with van der Waals surface area (Å²) in [6, 6.07) is 0. The number of nitrogens with zero attached hydrogens (tertiary/aromatic N) is 1. The topological polar surface area (TPSA) is 55.6 Å². The predicted octanol–water partition coefficient (Wildman–Crippen LogP) is 2.27. The zero-order valence-corrected chi connectivity index (χ0v) is 13.5. The van der Waals surface area contributed by atoms with E-state index in [2.05, 4.69) is 32.6 Å². The maximum absolute atomic E-state index is 11.5. The second-order valence-corrected chi connectivity index (χ2v) is 6.56. The van der Waals surface area contributed by atoms with Crippen LogP contribution in [0, 0.1) is 11.8 Å². The molecular formula is C15H32N2O2. The summed E-state index contributed by atoms with van der Waals surface area (Å²) in [5, 5.41) is 0. The van der Waals surface area contributed by atoms with Crippen molar-refractivity contribution in [3.05, 3.63) is 0 Å². The van der Waals surface area contributed by atoms with Crippen LogP contribution in [0.25, 0.3) is 0 Å². The summed E-state index contributed by atoms with van der Waals surface area (Å²) in [6.07, 6.45) is 1.58. The van der Waals surface area contributed by atoms with Crippen molar-refractivity contribution >= 4 is 5.97 Å². The van der Waals surface area contributed by atoms with Crippen molar-refractivity contribution in [2.24, 2.45) is 17.6 Å². The SMILES string of the molecule is COC(=O)C(C)(N)CCCN(CC(C)C)CC(C)C. The number of nitrogens with two attached hydrogens (primary N) is 1. The molecule has 0 saturated heterocycles. The van der Waals surface area contributed by atoms with Crippen LogP contribution in [0.15, 0.2) is 0 Å². The highest BCUT2D eigenvalue weighted by molar-refractivity contribution is 5.79. The second-order valence-electron chi connectivity index (χ2n) is 6.56. The Morgan fingerprint density at radius 1 is 1.21 bits per heavy atom. The molecule has 0 aliphatic carbocycles. The van der Waals surface area contributed by atoms with Gasteiger partial charge in [0.05, 0.1) is 7.11 Å². The van der Waals surface area contributed by atoms with Crippen molar-refractivity contribution in [1.82, 2.24) is 4.90 Å². The van der Waals surface area contributed by atoms with E-state index in [1.165, 1.54) is 7.11 Å². The molecule has 0 bridgehead atoms. The highest BCUT2D eigenvalue weighted by Gasteiger charge is 2.28. The minimum atomic E-state index is -0.865. The summed E-state index contributed by atoms with van der Waals surface area (Å²) < 4.78 is 4.72. The van der Waals surface area contributed by atoms with Crippen molar-refractivity contribution < 1.29 is 9.53 Å². The van der Waals surface area contributed by atoms with Crippen molar-refractivity contribution in [2.75, 3.05) is 26.7 Å². The van der Waals surface area contributed by atoms with Crippen LogP contribution in [0.4, 0.5) is 0 Å². The van der Waals surface area contributed by atoms with Crippen molar-refractivity contribution in [3.8, 4) is 0 Å². The lowest BCUT2D eigenvalue weighted by atomic mass is 9.97. The monoisotopic (exact) mass is 272 g/mol. The Hall–Kier alpha value is -0.610. The van der Waals surface area contributed by atoms with Crippen LogP contribution in [0.2, 0.25) is 0 Å². The van der Waals surface area contributed by atoms with Crippen molar-refractivity contribution in [2.45, 2.75) is 53.0 Å². The number of hydrogen-bond acceptors (Lipinski definition) is 4. The van der Waals surface area contributed by atoms with E-state index in [0.717, 1.165) is 26.1 Å². The van der Waals surface area contributed by atoms with Gasteiger partial charge in [0.2, 0.25) is 0 Å². The lowest BCUT2D eigenvalue weighted by Crippen LogP contribution is -2.46. The predicted molar refractivity (Wildman–Crippen MR) is 80.0 cm³/mol. The molecule has 19 heavy (non-hydrogen) atoms. The number of carbonyl (C=O) groups is 1. The van der Waals surface area contributed by atoms with E-state index in [-0.39, 0.29) is 5.97 Å². The van der Waals surface area contributed by atoms with Crippen molar-refractivity contribution in [3.63, 3.8) is 0 Å². The number of esters is 1. The number of rotatable bonds is 9. The first-order chi connectivity index (χ1) is 8.69. The van der Waals surface area contributed by atoms with E-state index < -0.39 is 5.54 Å². The fraction of sp³-hybridized carbons (Fsp3) is 0.933. The van der Waals surface area contributed by atoms with Crippen LogP contribution in [0.3, 0.4) is 0 Å². The summed E-state index contributed by atoms with van der Waals surface area (Å²) >= 11 is 0. The van der Waals surface area contributed by atoms with Crippen LogP contribution in [0.1, 0.15) is 47.5 Å². The molecule has 1 unspecified atom stereocenters. The quantitative estimate of drug-likeness (QED) is 0.654. The first-order valence-corrected chi connectivity index (χ1v) is 7.28. The van der Waals surface area contributed by atoms with Gasteiger partial charge in [0.25, 0.3) is 0 Å². The Morgan fingerprint density at radius 2 is 1.68 bits per heavy atom. The highest BCUT2D eigenvalue weighted by Crippen LogP contribution is 2.13. The molecule has 4 nitrogen and oxygen atoms in total. The van der Waals surface area contributed by atoms with Gasteiger partial charge in [-0.3, -0.25) is 4.79 Å². The van der Waals surface area contributed by atoms with Gasteiger partial charge in [0.15, 0.2) is 0 Å². The largest absolute Gasteiger partial charge is 0.468 e. The minimum absolute atomic E-state index is 0.327. The number of methoxy groups -OCH3 is 1. The van der Waals surface area contributed by atoms with Crippen LogP contribution in [-0.4, -0.2) is 43.2 Å². The Labute approximate surface area is 118 Å². The summed E-state index contributed by atoms with van der Waals surface area (Å²) in [6.45, 7) is 13.8. The third kappa shape index (κ3) is 8.22. The average molecular weight is 272 g/mol. The number of carbonyl (C=O) groups excluding carboxylic acids is 1. The maximum atomic E-state index is 11.5. The van der Waals surface area contributed by atoms with Crippen LogP contribution >= 0.6 is 0 Å². The van der Waals surface area contributed by atoms with E-state index in [1.807, 2.05) is 0 Å². The average Bonchev–Trinajstić information content (AvgIpc) is 2.25. The molecule has 0 spiro atoms. The Kier molecular flexibility index (Phi) is 8.26. The molecule has 2 N–H and O–H groups in total. The van der Waals surface area contributed by atoms with Crippen molar-refractivity contribution in [1.29, 1.82) is 0 Å². The lowest BCUT2D eigenvalue weighted by Gasteiger charge is -2.28. The third-order valence-electron chi connectivity index (χ3n) is 3.07. The normalized spacial score (nSPS) is 15.1. The van der Waals surface area contributed by atoms with E-state index in [9.17, 15) is 4.79 Å². The first kappa shape index (κ1) is 18.4. The van der Waals surface area contributed by atoms with Crippen LogP contribution in [-0.2, 0) is 9.53 Å². The number of ether oxygens (including phenoxy) is 1. The summed E-state index contributed by atoms with van der Waals surface area (Å²) in [4.78, 5) is 14.0. The van der Waals surface area contributed by atoms with Gasteiger partial charge in [-0.1, -0.05) is 27.7 Å². The van der Waals surface area contributed by atoms with E-state index in [1.54, 1.807) is 6.92 Å². The molecule has 0 aliphatic heterocycles. The fourth-order valence-electron chi connectivity index (χ4n) is 2.30. The zero-order valence-electron chi connectivity index (χ0n) is 13.5. The molecule has 0 aliphatic rings. The fourth-order valence-corrected chi connectivity index (χ4v) is 2.30. The molecule has 0 amide bonds. The van der Waals surface area contributed by atoms with E-state index in [0.29, 0.717) is 18.3 Å². The van der Waals surface area contributed by atoms with Gasteiger partial charge in [-0.05, 0) is 38.1 Å². The summed E-state index contributed by atoms with van der Waals surface area (Å²) in [5.74, 6) is 0.985. The van der Waals surface area contributed by atoms with Gasteiger partial charge in [-0.25, -0.2) is 0 Å². The van der Waals surface area contributed by atoms with E-state index in [4.69, 9.17) is 10.5 Å². The summed E-state index contributed by atoms with van der Waals surface area (Å²) in [7, 11) is 1.39. The molecule has 0 heterocycles. The first-order valence-electron chi connectivity index (χ1n) is 7.28. The van der Waals surface area contributed by atoms with Gasteiger partial charge in [-0.2, -0.15) is 0 Å². The minimum Gasteiger partial charge on any atom is -0.468 e. The van der Waals surface area contributed by atoms with Crippen LogP contribution < -0.4 is 5.73 Å².